The van der Waals surface area contributed by atoms with Gasteiger partial charge >= 0.3 is 17.9 Å². The minimum atomic E-state index is -0.844. The SMILES string of the molecule is CC/C=C\C/C=C\C/C=C\C/C=C\C/C=C\C/C=C\C/C=C\CCCCCCCC(=O)OCC(COC(=O)CCCCCCCCCCCC)OC(=O)C/C=C\C/C=C\C/C=C\C/C=C\C/C=C\CC. The Bertz CT molecular complexity index is 1580. The molecule has 0 N–H and O–H groups in total. The molecule has 392 valence electrons. The van der Waals surface area contributed by atoms with Gasteiger partial charge in [0.15, 0.2) is 6.10 Å². The second-order valence-corrected chi connectivity index (χ2v) is 17.8. The Balaban J connectivity index is 4.43. The van der Waals surface area contributed by atoms with Crippen molar-refractivity contribution >= 4 is 17.9 Å². The van der Waals surface area contributed by atoms with Crippen LogP contribution in [0.2, 0.25) is 0 Å². The Labute approximate surface area is 429 Å². The number of hydrogen-bond acceptors (Lipinski definition) is 6. The van der Waals surface area contributed by atoms with Crippen LogP contribution in [0.1, 0.15) is 220 Å². The number of allylic oxidation sites excluding steroid dienone is 23. The van der Waals surface area contributed by atoms with E-state index in [4.69, 9.17) is 14.2 Å². The maximum absolute atomic E-state index is 12.7. The van der Waals surface area contributed by atoms with Gasteiger partial charge in [-0.05, 0) is 103 Å². The number of ether oxygens (including phenoxy) is 3. The van der Waals surface area contributed by atoms with E-state index in [1.54, 1.807) is 6.08 Å². The highest BCUT2D eigenvalue weighted by Crippen LogP contribution is 2.13. The molecular weight excluding hydrogens is 865 g/mol. The van der Waals surface area contributed by atoms with E-state index in [0.29, 0.717) is 19.3 Å². The fraction of sp³-hybridized carbons (Fsp3) is 0.578. The summed E-state index contributed by atoms with van der Waals surface area (Å²) in [4.78, 5) is 37.9. The van der Waals surface area contributed by atoms with E-state index in [1.165, 1.54) is 44.9 Å². The summed E-state index contributed by atoms with van der Waals surface area (Å²) in [6, 6.07) is 0. The topological polar surface area (TPSA) is 78.9 Å². The Kier molecular flexibility index (Phi) is 53.0. The quantitative estimate of drug-likeness (QED) is 0.0262. The Morgan fingerprint density at radius 2 is 0.600 bits per heavy atom. The molecule has 70 heavy (non-hydrogen) atoms. The molecule has 6 heteroatoms. The van der Waals surface area contributed by atoms with E-state index in [-0.39, 0.29) is 31.6 Å². The average molecular weight is 965 g/mol. The largest absolute Gasteiger partial charge is 0.462 e. The van der Waals surface area contributed by atoms with Crippen molar-refractivity contribution in [2.45, 2.75) is 226 Å². The molecule has 0 heterocycles. The fourth-order valence-electron chi connectivity index (χ4n) is 7.03. The van der Waals surface area contributed by atoms with Crippen molar-refractivity contribution in [3.63, 3.8) is 0 Å². The minimum absolute atomic E-state index is 0.0871. The molecule has 0 aromatic heterocycles. The number of rotatable bonds is 48. The second kappa shape index (κ2) is 56.9. The lowest BCUT2D eigenvalue weighted by molar-refractivity contribution is -0.166. The fourth-order valence-corrected chi connectivity index (χ4v) is 7.03. The normalized spacial score (nSPS) is 13.2. The summed E-state index contributed by atoms with van der Waals surface area (Å²) in [6.45, 7) is 6.28. The van der Waals surface area contributed by atoms with E-state index in [2.05, 4.69) is 154 Å². The first kappa shape index (κ1) is 65.3. The zero-order chi connectivity index (χ0) is 50.7. The highest BCUT2D eigenvalue weighted by molar-refractivity contribution is 5.72. The van der Waals surface area contributed by atoms with E-state index in [0.717, 1.165) is 128 Å². The van der Waals surface area contributed by atoms with Crippen LogP contribution < -0.4 is 0 Å². The highest BCUT2D eigenvalue weighted by Gasteiger charge is 2.19. The van der Waals surface area contributed by atoms with Crippen LogP contribution >= 0.6 is 0 Å². The summed E-state index contributed by atoms with van der Waals surface area (Å²) in [5.41, 5.74) is 0. The minimum Gasteiger partial charge on any atom is -0.462 e. The summed E-state index contributed by atoms with van der Waals surface area (Å²) >= 11 is 0. The van der Waals surface area contributed by atoms with Gasteiger partial charge in [0.25, 0.3) is 0 Å². The molecular formula is C64H100O6. The molecule has 6 nitrogen and oxygen atoms in total. The highest BCUT2D eigenvalue weighted by atomic mass is 16.6. The third kappa shape index (κ3) is 54.2. The van der Waals surface area contributed by atoms with Crippen molar-refractivity contribution in [2.75, 3.05) is 13.2 Å². The van der Waals surface area contributed by atoms with Crippen LogP contribution in [0.3, 0.4) is 0 Å². The first-order chi connectivity index (χ1) is 34.5. The summed E-state index contributed by atoms with van der Waals surface area (Å²) in [6.07, 6.45) is 81.5. The third-order valence-corrected chi connectivity index (χ3v) is 11.1. The van der Waals surface area contributed by atoms with Crippen molar-refractivity contribution in [3.05, 3.63) is 146 Å². The lowest BCUT2D eigenvalue weighted by Gasteiger charge is -2.18. The number of esters is 3. The molecule has 0 radical (unpaired) electrons. The lowest BCUT2D eigenvalue weighted by Crippen LogP contribution is -2.30. The van der Waals surface area contributed by atoms with Crippen LogP contribution in [0, 0.1) is 0 Å². The Hall–Kier alpha value is -4.71. The molecule has 0 aromatic rings. The van der Waals surface area contributed by atoms with Crippen molar-refractivity contribution in [3.8, 4) is 0 Å². The molecule has 0 spiro atoms. The van der Waals surface area contributed by atoms with E-state index < -0.39 is 12.1 Å². The molecule has 0 aliphatic carbocycles. The maximum atomic E-state index is 12.7. The van der Waals surface area contributed by atoms with Gasteiger partial charge in [-0.1, -0.05) is 244 Å². The maximum Gasteiger partial charge on any atom is 0.310 e. The second-order valence-electron chi connectivity index (χ2n) is 17.8. The first-order valence-electron chi connectivity index (χ1n) is 27.8. The van der Waals surface area contributed by atoms with Crippen molar-refractivity contribution in [1.82, 2.24) is 0 Å². The summed E-state index contributed by atoms with van der Waals surface area (Å²) in [7, 11) is 0. The van der Waals surface area contributed by atoms with Gasteiger partial charge in [-0.3, -0.25) is 14.4 Å². The van der Waals surface area contributed by atoms with E-state index in [1.807, 2.05) is 6.08 Å². The number of unbranched alkanes of at least 4 members (excludes halogenated alkanes) is 14. The predicted molar refractivity (Wildman–Crippen MR) is 302 cm³/mol. The van der Waals surface area contributed by atoms with Gasteiger partial charge in [-0.2, -0.15) is 0 Å². The van der Waals surface area contributed by atoms with Crippen LogP contribution in [0.15, 0.2) is 146 Å². The zero-order valence-electron chi connectivity index (χ0n) is 44.7. The standard InChI is InChI=1S/C64H100O6/c1-4-7-10-13-16-19-22-24-26-27-28-29-30-31-32-33-34-35-36-37-39-40-42-45-48-51-54-57-63(66)69-60-61(59-68-62(65)56-53-50-47-44-21-18-15-12-9-6-3)70-64(67)58-55-52-49-46-43-41-38-25-23-20-17-14-11-8-5-2/h7-8,10-11,16-17,19-20,24-26,28-29,31-32,34-35,37-39,43,46,52,55,61H,4-6,9,12-15,18,21-23,27,30,33,36,40-42,44-45,47-51,53-54,56-60H2,1-3H3/b10-7-,11-8-,19-16-,20-17-,26-24-,29-28-,32-31-,35-34-,38-25-,39-37-,46-43-,55-52-. The monoisotopic (exact) mass is 965 g/mol. The molecule has 0 amide bonds. The van der Waals surface area contributed by atoms with Crippen molar-refractivity contribution in [2.24, 2.45) is 0 Å². The summed E-state index contributed by atoms with van der Waals surface area (Å²) < 4.78 is 16.7. The van der Waals surface area contributed by atoms with Crippen LogP contribution in [-0.4, -0.2) is 37.2 Å². The summed E-state index contributed by atoms with van der Waals surface area (Å²) in [5.74, 6) is -1.09. The molecule has 0 aromatic carbocycles. The van der Waals surface area contributed by atoms with Gasteiger partial charge < -0.3 is 14.2 Å². The molecule has 0 saturated heterocycles. The number of hydrogen-bond donors (Lipinski definition) is 0. The van der Waals surface area contributed by atoms with Crippen LogP contribution in [0.4, 0.5) is 0 Å². The Morgan fingerprint density at radius 1 is 0.314 bits per heavy atom. The van der Waals surface area contributed by atoms with Gasteiger partial charge in [0, 0.05) is 12.8 Å². The van der Waals surface area contributed by atoms with Crippen LogP contribution in [0.5, 0.6) is 0 Å². The number of carbonyl (C=O) groups excluding carboxylic acids is 3. The first-order valence-corrected chi connectivity index (χ1v) is 27.8. The van der Waals surface area contributed by atoms with Gasteiger partial charge in [-0.15, -0.1) is 0 Å². The smallest absolute Gasteiger partial charge is 0.310 e. The average Bonchev–Trinajstić information content (AvgIpc) is 3.36. The zero-order valence-corrected chi connectivity index (χ0v) is 44.7. The van der Waals surface area contributed by atoms with Gasteiger partial charge in [0.1, 0.15) is 13.2 Å². The van der Waals surface area contributed by atoms with Crippen molar-refractivity contribution < 1.29 is 28.6 Å². The van der Waals surface area contributed by atoms with E-state index >= 15 is 0 Å². The molecule has 0 saturated carbocycles. The Morgan fingerprint density at radius 3 is 0.943 bits per heavy atom. The van der Waals surface area contributed by atoms with Crippen LogP contribution in [0.25, 0.3) is 0 Å². The van der Waals surface area contributed by atoms with E-state index in [9.17, 15) is 14.4 Å². The molecule has 0 rings (SSSR count). The molecule has 0 bridgehead atoms. The molecule has 1 unspecified atom stereocenters. The lowest BCUT2D eigenvalue weighted by atomic mass is 10.1. The summed E-state index contributed by atoms with van der Waals surface area (Å²) in [5, 5.41) is 0. The molecule has 0 aliphatic heterocycles. The molecule has 1 atom stereocenters. The number of carbonyl (C=O) groups is 3. The molecule has 0 aliphatic rings. The van der Waals surface area contributed by atoms with Gasteiger partial charge in [0.05, 0.1) is 6.42 Å². The van der Waals surface area contributed by atoms with Gasteiger partial charge in [0.2, 0.25) is 0 Å². The molecule has 0 fully saturated rings. The van der Waals surface area contributed by atoms with Crippen LogP contribution in [-0.2, 0) is 28.6 Å². The third-order valence-electron chi connectivity index (χ3n) is 11.1. The van der Waals surface area contributed by atoms with Crippen molar-refractivity contribution in [1.29, 1.82) is 0 Å². The van der Waals surface area contributed by atoms with Gasteiger partial charge in [-0.25, -0.2) is 0 Å². The predicted octanol–water partition coefficient (Wildman–Crippen LogP) is 18.8.